The van der Waals surface area contributed by atoms with E-state index in [0.29, 0.717) is 16.8 Å². The number of aromatic nitrogens is 4. The molecule has 0 aromatic carbocycles. The number of halogens is 1. The average Bonchev–Trinajstić information content (AvgIpc) is 2.71. The van der Waals surface area contributed by atoms with Crippen LogP contribution in [0.5, 0.6) is 0 Å². The van der Waals surface area contributed by atoms with Gasteiger partial charge in [0.15, 0.2) is 0 Å². The highest BCUT2D eigenvalue weighted by atomic mass is 79.9. The molecular formula is C10H12BrN5O. The van der Waals surface area contributed by atoms with Crippen molar-refractivity contribution in [2.24, 2.45) is 7.05 Å². The van der Waals surface area contributed by atoms with Gasteiger partial charge in [-0.3, -0.25) is 9.48 Å². The molecule has 0 radical (unpaired) electrons. The van der Waals surface area contributed by atoms with Crippen LogP contribution in [0.15, 0.2) is 27.9 Å². The maximum atomic E-state index is 11.3. The lowest BCUT2D eigenvalue weighted by Gasteiger charge is -2.06. The van der Waals surface area contributed by atoms with Gasteiger partial charge < -0.3 is 10.3 Å². The minimum Gasteiger partial charge on any atom is -0.369 e. The van der Waals surface area contributed by atoms with Crippen LogP contribution in [0.1, 0.15) is 5.69 Å². The number of hydrogen-bond acceptors (Lipinski definition) is 4. The second kappa shape index (κ2) is 5.13. The first-order valence-electron chi connectivity index (χ1n) is 5.12. The Morgan fingerprint density at radius 2 is 2.41 bits per heavy atom. The zero-order valence-electron chi connectivity index (χ0n) is 9.27. The lowest BCUT2D eigenvalue weighted by molar-refractivity contribution is 0.711. The molecule has 0 saturated carbocycles. The molecule has 0 spiro atoms. The summed E-state index contributed by atoms with van der Waals surface area (Å²) in [7, 11) is 1.90. The molecule has 0 amide bonds. The second-order valence-corrected chi connectivity index (χ2v) is 4.31. The minimum atomic E-state index is -0.192. The molecule has 17 heavy (non-hydrogen) atoms. The molecule has 0 fully saturated rings. The van der Waals surface area contributed by atoms with Gasteiger partial charge in [-0.25, -0.2) is 4.98 Å². The molecule has 6 nitrogen and oxygen atoms in total. The summed E-state index contributed by atoms with van der Waals surface area (Å²) in [6.07, 6.45) is 3.95. The molecule has 0 aliphatic heterocycles. The standard InChI is InChI=1S/C10H12BrN5O/c1-16-7(3-5-15-16)2-4-12-9-8(11)10(17)14-6-13-9/h3,5-6H,2,4H2,1H3,(H2,12,13,14,17). The Kier molecular flexibility index (Phi) is 3.58. The highest BCUT2D eigenvalue weighted by molar-refractivity contribution is 9.10. The monoisotopic (exact) mass is 297 g/mol. The number of rotatable bonds is 4. The van der Waals surface area contributed by atoms with Gasteiger partial charge in [-0.2, -0.15) is 5.10 Å². The van der Waals surface area contributed by atoms with Gasteiger partial charge in [-0.1, -0.05) is 0 Å². The van der Waals surface area contributed by atoms with Gasteiger partial charge in [0.05, 0.1) is 6.33 Å². The fourth-order valence-electron chi connectivity index (χ4n) is 1.46. The summed E-state index contributed by atoms with van der Waals surface area (Å²) in [5.41, 5.74) is 0.932. The Bertz CT molecular complexity index is 562. The normalized spacial score (nSPS) is 10.5. The maximum Gasteiger partial charge on any atom is 0.267 e. The molecular weight excluding hydrogens is 286 g/mol. The van der Waals surface area contributed by atoms with E-state index in [2.05, 4.69) is 36.3 Å². The smallest absolute Gasteiger partial charge is 0.267 e. The maximum absolute atomic E-state index is 11.3. The van der Waals surface area contributed by atoms with Crippen LogP contribution in [0.4, 0.5) is 5.82 Å². The first-order valence-corrected chi connectivity index (χ1v) is 5.91. The van der Waals surface area contributed by atoms with Crippen LogP contribution in [0.25, 0.3) is 0 Å². The number of nitrogens with one attached hydrogen (secondary N) is 2. The van der Waals surface area contributed by atoms with Gasteiger partial charge in [-0.15, -0.1) is 0 Å². The number of anilines is 1. The van der Waals surface area contributed by atoms with Crippen molar-refractivity contribution in [2.75, 3.05) is 11.9 Å². The van der Waals surface area contributed by atoms with E-state index in [1.807, 2.05) is 17.8 Å². The lowest BCUT2D eigenvalue weighted by atomic mass is 10.3. The number of aryl methyl sites for hydroxylation is 1. The molecule has 2 rings (SSSR count). The Morgan fingerprint density at radius 3 is 3.12 bits per heavy atom. The predicted molar refractivity (Wildman–Crippen MR) is 68.0 cm³/mol. The van der Waals surface area contributed by atoms with Gasteiger partial charge in [0, 0.05) is 31.9 Å². The quantitative estimate of drug-likeness (QED) is 0.880. The molecule has 2 aromatic heterocycles. The topological polar surface area (TPSA) is 75.6 Å². The van der Waals surface area contributed by atoms with Crippen LogP contribution in [-0.4, -0.2) is 26.3 Å². The van der Waals surface area contributed by atoms with Gasteiger partial charge in [0.25, 0.3) is 5.56 Å². The third kappa shape index (κ3) is 2.73. The van der Waals surface area contributed by atoms with E-state index in [1.165, 1.54) is 6.33 Å². The minimum absolute atomic E-state index is 0.192. The molecule has 2 heterocycles. The first kappa shape index (κ1) is 11.8. The summed E-state index contributed by atoms with van der Waals surface area (Å²) in [6, 6.07) is 1.96. The molecule has 0 unspecified atom stereocenters. The van der Waals surface area contributed by atoms with E-state index in [9.17, 15) is 4.79 Å². The van der Waals surface area contributed by atoms with Crippen molar-refractivity contribution in [3.8, 4) is 0 Å². The van der Waals surface area contributed by atoms with Crippen LogP contribution in [0.3, 0.4) is 0 Å². The summed E-state index contributed by atoms with van der Waals surface area (Å²) < 4.78 is 2.24. The van der Waals surface area contributed by atoms with Crippen LogP contribution < -0.4 is 10.9 Å². The van der Waals surface area contributed by atoms with Crippen molar-refractivity contribution in [3.05, 3.63) is 39.1 Å². The Morgan fingerprint density at radius 1 is 1.59 bits per heavy atom. The number of H-pyrrole nitrogens is 1. The Balaban J connectivity index is 1.97. The number of nitrogens with zero attached hydrogens (tertiary/aromatic N) is 3. The van der Waals surface area contributed by atoms with Crippen molar-refractivity contribution in [1.82, 2.24) is 19.7 Å². The molecule has 0 saturated heterocycles. The first-order chi connectivity index (χ1) is 8.18. The summed E-state index contributed by atoms with van der Waals surface area (Å²) in [4.78, 5) is 17.8. The Hall–Kier alpha value is -1.63. The zero-order valence-corrected chi connectivity index (χ0v) is 10.9. The summed E-state index contributed by atoms with van der Waals surface area (Å²) in [6.45, 7) is 0.689. The highest BCUT2D eigenvalue weighted by Crippen LogP contribution is 2.12. The van der Waals surface area contributed by atoms with Crippen molar-refractivity contribution >= 4 is 21.7 Å². The number of hydrogen-bond donors (Lipinski definition) is 2. The van der Waals surface area contributed by atoms with Crippen LogP contribution in [-0.2, 0) is 13.5 Å². The van der Waals surface area contributed by atoms with Crippen molar-refractivity contribution in [2.45, 2.75) is 6.42 Å². The average molecular weight is 298 g/mol. The fraction of sp³-hybridized carbons (Fsp3) is 0.300. The SMILES string of the molecule is Cn1nccc1CCNc1nc[nH]c(=O)c1Br. The summed E-state index contributed by atoms with van der Waals surface area (Å²) in [5, 5.41) is 7.18. The highest BCUT2D eigenvalue weighted by Gasteiger charge is 2.04. The fourth-order valence-corrected chi connectivity index (χ4v) is 1.82. The van der Waals surface area contributed by atoms with Crippen LogP contribution in [0, 0.1) is 0 Å². The van der Waals surface area contributed by atoms with Gasteiger partial charge in [-0.05, 0) is 22.0 Å². The van der Waals surface area contributed by atoms with Crippen molar-refractivity contribution in [3.63, 3.8) is 0 Å². The predicted octanol–water partition coefficient (Wildman–Crippen LogP) is 0.920. The summed E-state index contributed by atoms with van der Waals surface area (Å²) >= 11 is 3.19. The third-order valence-corrected chi connectivity index (χ3v) is 3.13. The molecule has 7 heteroatoms. The molecule has 0 atom stereocenters. The van der Waals surface area contributed by atoms with Crippen LogP contribution >= 0.6 is 15.9 Å². The third-order valence-electron chi connectivity index (χ3n) is 2.39. The molecule has 0 bridgehead atoms. The molecule has 0 aliphatic carbocycles. The van der Waals surface area contributed by atoms with Gasteiger partial charge in [0.2, 0.25) is 0 Å². The van der Waals surface area contributed by atoms with E-state index in [4.69, 9.17) is 0 Å². The Labute approximate surface area is 106 Å². The largest absolute Gasteiger partial charge is 0.369 e. The van der Waals surface area contributed by atoms with E-state index >= 15 is 0 Å². The van der Waals surface area contributed by atoms with Gasteiger partial charge in [0.1, 0.15) is 10.3 Å². The van der Waals surface area contributed by atoms with E-state index in [0.717, 1.165) is 12.1 Å². The molecule has 0 aliphatic rings. The zero-order chi connectivity index (χ0) is 12.3. The number of aromatic amines is 1. The van der Waals surface area contributed by atoms with Gasteiger partial charge >= 0.3 is 0 Å². The van der Waals surface area contributed by atoms with E-state index in [1.54, 1.807) is 6.20 Å². The molecule has 2 aromatic rings. The summed E-state index contributed by atoms with van der Waals surface area (Å²) in [5.74, 6) is 0.552. The second-order valence-electron chi connectivity index (χ2n) is 3.52. The van der Waals surface area contributed by atoms with E-state index in [-0.39, 0.29) is 5.56 Å². The lowest BCUT2D eigenvalue weighted by Crippen LogP contribution is -2.14. The molecule has 90 valence electrons. The van der Waals surface area contributed by atoms with Crippen LogP contribution in [0.2, 0.25) is 0 Å². The van der Waals surface area contributed by atoms with Crippen molar-refractivity contribution in [1.29, 1.82) is 0 Å². The molecule has 2 N–H and O–H groups in total. The van der Waals surface area contributed by atoms with Crippen molar-refractivity contribution < 1.29 is 0 Å². The van der Waals surface area contributed by atoms with E-state index < -0.39 is 0 Å².